The van der Waals surface area contributed by atoms with E-state index in [2.05, 4.69) is 11.9 Å². The highest BCUT2D eigenvalue weighted by molar-refractivity contribution is 6.03. The Morgan fingerprint density at radius 3 is 2.24 bits per heavy atom. The molecule has 0 aliphatic carbocycles. The Morgan fingerprint density at radius 1 is 1.08 bits per heavy atom. The monoisotopic (exact) mass is 514 g/mol. The summed E-state index contributed by atoms with van der Waals surface area (Å²) in [6.07, 6.45) is 11.0. The molecule has 1 aliphatic heterocycles. The van der Waals surface area contributed by atoms with Crippen LogP contribution in [-0.2, 0) is 20.8 Å². The van der Waals surface area contributed by atoms with E-state index in [0.717, 1.165) is 24.2 Å². The molecule has 3 heterocycles. The lowest BCUT2D eigenvalue weighted by molar-refractivity contribution is -0.135. The molecule has 1 unspecified atom stereocenters. The molecule has 2 aromatic rings. The molecule has 202 valence electrons. The highest BCUT2D eigenvalue weighted by Gasteiger charge is 2.51. The molecule has 37 heavy (non-hydrogen) atoms. The number of carbonyl (C=O) groups excluding carboxylic acids is 3. The van der Waals surface area contributed by atoms with E-state index in [0.29, 0.717) is 18.7 Å². The number of carbonyl (C=O) groups is 3. The Labute approximate surface area is 217 Å². The first-order valence-electron chi connectivity index (χ1n) is 13.4. The number of imide groups is 1. The number of hydrogen-bond acceptors (Lipinski definition) is 8. The molecule has 3 rings (SSSR count). The Kier molecular flexibility index (Phi) is 9.73. The molecule has 2 aromatic heterocycles. The van der Waals surface area contributed by atoms with Crippen LogP contribution < -0.4 is 0 Å². The van der Waals surface area contributed by atoms with E-state index >= 15 is 0 Å². The van der Waals surface area contributed by atoms with E-state index in [1.165, 1.54) is 64.9 Å². The van der Waals surface area contributed by atoms with Crippen LogP contribution in [0.15, 0.2) is 10.5 Å². The maximum Gasteiger partial charge on any atom is 0.419 e. The number of unbranched alkanes of at least 4 members (excludes halogenated alkanes) is 9. The van der Waals surface area contributed by atoms with Crippen molar-refractivity contribution in [3.63, 3.8) is 0 Å². The molecule has 0 bridgehead atoms. The van der Waals surface area contributed by atoms with Gasteiger partial charge in [-0.25, -0.2) is 14.5 Å². The van der Waals surface area contributed by atoms with E-state index in [1.807, 2.05) is 13.0 Å². The second kappa shape index (κ2) is 12.7. The quantitative estimate of drug-likeness (QED) is 0.208. The third-order valence-electron chi connectivity index (χ3n) is 6.62. The van der Waals surface area contributed by atoms with Gasteiger partial charge in [0.1, 0.15) is 5.52 Å². The number of hydrogen-bond donors (Lipinski definition) is 0. The molecular weight excluding hydrogens is 476 g/mol. The molecule has 1 fully saturated rings. The van der Waals surface area contributed by atoms with Crippen molar-refractivity contribution in [3.8, 4) is 6.07 Å². The number of rotatable bonds is 15. The summed E-state index contributed by atoms with van der Waals surface area (Å²) in [4.78, 5) is 42.6. The number of nitriles is 1. The number of cyclic esters (lactones) is 1. The molecule has 0 spiro atoms. The van der Waals surface area contributed by atoms with Gasteiger partial charge in [0.2, 0.25) is 11.5 Å². The summed E-state index contributed by atoms with van der Waals surface area (Å²) in [7, 11) is 0. The minimum absolute atomic E-state index is 0.0182. The van der Waals surface area contributed by atoms with Crippen molar-refractivity contribution in [1.29, 1.82) is 5.26 Å². The van der Waals surface area contributed by atoms with Gasteiger partial charge in [-0.3, -0.25) is 4.79 Å². The predicted octanol–water partition coefficient (Wildman–Crippen LogP) is 6.05. The second-order valence-electron chi connectivity index (χ2n) is 9.92. The van der Waals surface area contributed by atoms with Crippen molar-refractivity contribution in [2.75, 3.05) is 6.61 Å². The molecule has 10 heteroatoms. The summed E-state index contributed by atoms with van der Waals surface area (Å²) in [5.74, 6) is -1.02. The Bertz CT molecular complexity index is 1140. The second-order valence-corrected chi connectivity index (χ2v) is 9.92. The van der Waals surface area contributed by atoms with Crippen molar-refractivity contribution in [3.05, 3.63) is 17.7 Å². The molecule has 0 N–H and O–H groups in total. The fourth-order valence-electron chi connectivity index (χ4n) is 4.54. The number of nitrogens with zero attached hydrogens (tertiary/aromatic N) is 4. The van der Waals surface area contributed by atoms with Gasteiger partial charge in [-0.1, -0.05) is 64.7 Å². The molecule has 0 aromatic carbocycles. The smallest absolute Gasteiger partial charge is 0.419 e. The minimum atomic E-state index is -1.36. The summed E-state index contributed by atoms with van der Waals surface area (Å²) in [5, 5.41) is 9.79. The van der Waals surface area contributed by atoms with Crippen LogP contribution in [0.3, 0.4) is 0 Å². The lowest BCUT2D eigenvalue weighted by Gasteiger charge is -2.19. The van der Waals surface area contributed by atoms with Crippen LogP contribution in [0.4, 0.5) is 4.79 Å². The highest BCUT2D eigenvalue weighted by atomic mass is 16.6. The van der Waals surface area contributed by atoms with Crippen molar-refractivity contribution in [2.24, 2.45) is 0 Å². The molecular formula is C27H38N4O6. The standard InChI is InChI=1S/C27H38N4O6/c1-5-7-8-9-10-11-12-13-14-15-16-35-24(32)21-17-19-23(36-21)29-22(30(19)6-2)20(18-28)31-25(33)27(3,4)37-26(31)34/h17,20H,5-16H2,1-4H3. The Hall–Kier alpha value is -3.35. The van der Waals surface area contributed by atoms with Gasteiger partial charge < -0.3 is 18.5 Å². The van der Waals surface area contributed by atoms with Crippen LogP contribution in [0.25, 0.3) is 11.2 Å². The fraction of sp³-hybridized carbons (Fsp3) is 0.667. The van der Waals surface area contributed by atoms with Crippen molar-refractivity contribution in [2.45, 2.75) is 110 Å². The van der Waals surface area contributed by atoms with Gasteiger partial charge >= 0.3 is 12.1 Å². The van der Waals surface area contributed by atoms with Gasteiger partial charge in [0, 0.05) is 12.6 Å². The first-order valence-corrected chi connectivity index (χ1v) is 13.4. The zero-order chi connectivity index (χ0) is 27.0. The SMILES string of the molecule is CCCCCCCCCCCCOC(=O)c1cc2c(nc(C(C#N)N3C(=O)OC(C)(C)C3=O)n2CC)o1. The van der Waals surface area contributed by atoms with E-state index in [9.17, 15) is 19.6 Å². The molecule has 0 radical (unpaired) electrons. The minimum Gasteiger partial charge on any atom is -0.460 e. The summed E-state index contributed by atoms with van der Waals surface area (Å²) < 4.78 is 17.7. The van der Waals surface area contributed by atoms with Crippen molar-refractivity contribution >= 4 is 29.2 Å². The van der Waals surface area contributed by atoms with Gasteiger partial charge in [-0.2, -0.15) is 10.2 Å². The summed E-state index contributed by atoms with van der Waals surface area (Å²) in [5.41, 5.74) is -0.759. The third kappa shape index (κ3) is 6.51. The number of amides is 2. The molecule has 0 saturated carbocycles. The van der Waals surface area contributed by atoms with Crippen LogP contribution in [0.1, 0.15) is 114 Å². The summed E-state index contributed by atoms with van der Waals surface area (Å²) >= 11 is 0. The number of imidazole rings is 1. The fourth-order valence-corrected chi connectivity index (χ4v) is 4.54. The van der Waals surface area contributed by atoms with Crippen LogP contribution in [-0.4, -0.2) is 44.6 Å². The number of esters is 1. The van der Waals surface area contributed by atoms with Gasteiger partial charge in [0.15, 0.2) is 17.5 Å². The average molecular weight is 515 g/mol. The van der Waals surface area contributed by atoms with Crippen LogP contribution >= 0.6 is 0 Å². The molecule has 1 atom stereocenters. The molecule has 1 aliphatic rings. The first kappa shape index (κ1) is 28.2. The summed E-state index contributed by atoms with van der Waals surface area (Å²) in [6, 6.07) is 2.19. The van der Waals surface area contributed by atoms with Crippen molar-refractivity contribution < 1.29 is 28.3 Å². The normalized spacial score (nSPS) is 15.7. The van der Waals surface area contributed by atoms with E-state index in [4.69, 9.17) is 13.9 Å². The van der Waals surface area contributed by atoms with E-state index in [-0.39, 0.29) is 17.3 Å². The number of fused-ring (bicyclic) bond motifs is 1. The van der Waals surface area contributed by atoms with Gasteiger partial charge in [0.05, 0.1) is 12.7 Å². The van der Waals surface area contributed by atoms with E-state index in [1.54, 1.807) is 4.57 Å². The number of ether oxygens (including phenoxy) is 2. The van der Waals surface area contributed by atoms with Gasteiger partial charge in [-0.05, 0) is 27.2 Å². The molecule has 10 nitrogen and oxygen atoms in total. The third-order valence-corrected chi connectivity index (χ3v) is 6.62. The topological polar surface area (TPSA) is 128 Å². The van der Waals surface area contributed by atoms with Gasteiger partial charge in [-0.15, -0.1) is 0 Å². The molecule has 1 saturated heterocycles. The predicted molar refractivity (Wildman–Crippen MR) is 136 cm³/mol. The lowest BCUT2D eigenvalue weighted by Crippen LogP contribution is -2.39. The average Bonchev–Trinajstić information content (AvgIpc) is 3.48. The largest absolute Gasteiger partial charge is 0.460 e. The first-order chi connectivity index (χ1) is 17.7. The van der Waals surface area contributed by atoms with Crippen LogP contribution in [0.2, 0.25) is 0 Å². The summed E-state index contributed by atoms with van der Waals surface area (Å²) in [6.45, 7) is 7.67. The zero-order valence-electron chi connectivity index (χ0n) is 22.4. The number of aromatic nitrogens is 2. The Balaban J connectivity index is 1.55. The van der Waals surface area contributed by atoms with Crippen LogP contribution in [0.5, 0.6) is 0 Å². The molecule has 2 amide bonds. The van der Waals surface area contributed by atoms with Crippen LogP contribution in [0, 0.1) is 11.3 Å². The zero-order valence-corrected chi connectivity index (χ0v) is 22.4. The van der Waals surface area contributed by atoms with Crippen molar-refractivity contribution in [1.82, 2.24) is 14.5 Å². The van der Waals surface area contributed by atoms with Gasteiger partial charge in [0.25, 0.3) is 5.91 Å². The lowest BCUT2D eigenvalue weighted by atomic mass is 10.1. The Morgan fingerprint density at radius 2 is 1.70 bits per heavy atom. The highest BCUT2D eigenvalue weighted by Crippen LogP contribution is 2.33. The maximum absolute atomic E-state index is 12.7. The number of furan rings is 1. The maximum atomic E-state index is 12.7. The number of aryl methyl sites for hydroxylation is 1. The van der Waals surface area contributed by atoms with E-state index < -0.39 is 29.6 Å².